The van der Waals surface area contributed by atoms with Crippen molar-refractivity contribution in [2.75, 3.05) is 19.6 Å². The summed E-state index contributed by atoms with van der Waals surface area (Å²) in [6, 6.07) is 15.3. The van der Waals surface area contributed by atoms with Crippen LogP contribution in [0.2, 0.25) is 10.0 Å². The number of rotatable bonds is 10. The molecule has 2 aromatic carbocycles. The van der Waals surface area contributed by atoms with Crippen LogP contribution in [0.3, 0.4) is 0 Å². The van der Waals surface area contributed by atoms with Crippen molar-refractivity contribution in [1.29, 1.82) is 0 Å². The zero-order chi connectivity index (χ0) is 21.5. The molecule has 0 saturated heterocycles. The van der Waals surface area contributed by atoms with E-state index in [2.05, 4.69) is 18.7 Å². The Morgan fingerprint density at radius 1 is 0.967 bits per heavy atom. The number of aliphatic hydroxyl groups is 1. The van der Waals surface area contributed by atoms with Gasteiger partial charge in [-0.2, -0.15) is 0 Å². The molecule has 0 radical (unpaired) electrons. The van der Waals surface area contributed by atoms with Gasteiger partial charge in [0.05, 0.1) is 22.3 Å². The van der Waals surface area contributed by atoms with Gasteiger partial charge in [-0.25, -0.2) is 4.98 Å². The van der Waals surface area contributed by atoms with Gasteiger partial charge < -0.3 is 10.0 Å². The van der Waals surface area contributed by atoms with E-state index in [1.807, 2.05) is 48.5 Å². The second-order valence-corrected chi connectivity index (χ2v) is 8.61. The zero-order valence-corrected chi connectivity index (χ0v) is 19.3. The molecule has 0 aliphatic rings. The lowest BCUT2D eigenvalue weighted by Gasteiger charge is -2.26. The molecule has 1 heterocycles. The molecule has 1 atom stereocenters. The average Bonchev–Trinajstić information content (AvgIpc) is 2.75. The fourth-order valence-corrected chi connectivity index (χ4v) is 4.03. The van der Waals surface area contributed by atoms with E-state index in [-0.39, 0.29) is 0 Å². The van der Waals surface area contributed by atoms with Gasteiger partial charge in [-0.1, -0.05) is 74.2 Å². The summed E-state index contributed by atoms with van der Waals surface area (Å²) >= 11 is 12.5. The molecule has 0 aliphatic carbocycles. The minimum absolute atomic E-state index is 0.589. The Labute approximate surface area is 189 Å². The summed E-state index contributed by atoms with van der Waals surface area (Å²) in [4.78, 5) is 7.17. The fraction of sp³-hybridized carbons (Fsp3) is 0.400. The highest BCUT2D eigenvalue weighted by Crippen LogP contribution is 2.33. The third kappa shape index (κ3) is 5.73. The van der Waals surface area contributed by atoms with Crippen LogP contribution in [0.5, 0.6) is 0 Å². The molecule has 1 aromatic heterocycles. The topological polar surface area (TPSA) is 36.4 Å². The maximum absolute atomic E-state index is 11.3. The van der Waals surface area contributed by atoms with Crippen LogP contribution in [0, 0.1) is 0 Å². The molecule has 30 heavy (non-hydrogen) atoms. The normalized spacial score (nSPS) is 12.6. The van der Waals surface area contributed by atoms with Gasteiger partial charge in [-0.3, -0.25) is 0 Å². The van der Waals surface area contributed by atoms with Crippen molar-refractivity contribution in [1.82, 2.24) is 9.88 Å². The van der Waals surface area contributed by atoms with Crippen molar-refractivity contribution < 1.29 is 5.11 Å². The first-order chi connectivity index (χ1) is 14.5. The van der Waals surface area contributed by atoms with Crippen molar-refractivity contribution in [3.63, 3.8) is 0 Å². The first-order valence-corrected chi connectivity index (χ1v) is 11.5. The number of unbranched alkanes of at least 4 members (excludes halogenated alkanes) is 2. The molecule has 160 valence electrons. The number of pyridine rings is 1. The highest BCUT2D eigenvalue weighted by Gasteiger charge is 2.19. The van der Waals surface area contributed by atoms with E-state index in [1.165, 1.54) is 0 Å². The van der Waals surface area contributed by atoms with Crippen LogP contribution < -0.4 is 0 Å². The van der Waals surface area contributed by atoms with Gasteiger partial charge in [0, 0.05) is 22.5 Å². The summed E-state index contributed by atoms with van der Waals surface area (Å²) in [6.45, 7) is 7.00. The van der Waals surface area contributed by atoms with Crippen LogP contribution in [0.15, 0.2) is 48.5 Å². The van der Waals surface area contributed by atoms with E-state index >= 15 is 0 Å². The molecule has 3 aromatic rings. The van der Waals surface area contributed by atoms with Gasteiger partial charge in [-0.05, 0) is 55.8 Å². The van der Waals surface area contributed by atoms with Gasteiger partial charge >= 0.3 is 0 Å². The van der Waals surface area contributed by atoms with Crippen LogP contribution >= 0.6 is 23.2 Å². The summed E-state index contributed by atoms with van der Waals surface area (Å²) in [7, 11) is 0. The molecular weight excluding hydrogens is 415 g/mol. The quantitative estimate of drug-likeness (QED) is 0.360. The first kappa shape index (κ1) is 23.0. The van der Waals surface area contributed by atoms with E-state index in [9.17, 15) is 5.11 Å². The van der Waals surface area contributed by atoms with Crippen molar-refractivity contribution in [2.45, 2.75) is 45.6 Å². The SMILES string of the molecule is CCCCN(CCCC)CC(O)c1cc(-c2ccc(Cl)cc2)nc2c(Cl)cccc12. The number of hydrogen-bond donors (Lipinski definition) is 1. The number of aromatic nitrogens is 1. The molecule has 1 unspecified atom stereocenters. The summed E-state index contributed by atoms with van der Waals surface area (Å²) in [5.41, 5.74) is 3.32. The molecule has 3 rings (SSSR count). The number of benzene rings is 2. The predicted molar refractivity (Wildman–Crippen MR) is 128 cm³/mol. The lowest BCUT2D eigenvalue weighted by molar-refractivity contribution is 0.112. The third-order valence-corrected chi connectivity index (χ3v) is 5.97. The molecule has 0 bridgehead atoms. The standard InChI is InChI=1S/C25H30Cl2N2O/c1-3-5-14-29(15-6-4-2)17-24(30)21-16-23(18-10-12-19(26)13-11-18)28-25-20(21)8-7-9-22(25)27/h7-13,16,24,30H,3-6,14-15,17H2,1-2H3. The summed E-state index contributed by atoms with van der Waals surface area (Å²) in [6.07, 6.45) is 3.94. The Balaban J connectivity index is 2.00. The smallest absolute Gasteiger partial charge is 0.0924 e. The first-order valence-electron chi connectivity index (χ1n) is 10.8. The number of para-hydroxylation sites is 1. The molecule has 0 fully saturated rings. The minimum atomic E-state index is -0.617. The van der Waals surface area contributed by atoms with Crippen molar-refractivity contribution in [3.05, 3.63) is 64.1 Å². The van der Waals surface area contributed by atoms with Gasteiger partial charge in [-0.15, -0.1) is 0 Å². The van der Waals surface area contributed by atoms with Crippen LogP contribution in [-0.2, 0) is 0 Å². The van der Waals surface area contributed by atoms with Crippen LogP contribution in [0.25, 0.3) is 22.2 Å². The monoisotopic (exact) mass is 444 g/mol. The second kappa shape index (κ2) is 11.1. The summed E-state index contributed by atoms with van der Waals surface area (Å²) < 4.78 is 0. The van der Waals surface area contributed by atoms with E-state index in [4.69, 9.17) is 28.2 Å². The minimum Gasteiger partial charge on any atom is -0.387 e. The fourth-order valence-electron chi connectivity index (χ4n) is 3.68. The van der Waals surface area contributed by atoms with Crippen LogP contribution in [0.1, 0.15) is 51.2 Å². The van der Waals surface area contributed by atoms with E-state index in [1.54, 1.807) is 0 Å². The van der Waals surface area contributed by atoms with E-state index < -0.39 is 6.10 Å². The van der Waals surface area contributed by atoms with Gasteiger partial charge in [0.15, 0.2) is 0 Å². The molecule has 1 N–H and O–H groups in total. The van der Waals surface area contributed by atoms with Gasteiger partial charge in [0.1, 0.15) is 0 Å². The zero-order valence-electron chi connectivity index (χ0n) is 17.7. The maximum atomic E-state index is 11.3. The van der Waals surface area contributed by atoms with Crippen molar-refractivity contribution in [2.24, 2.45) is 0 Å². The Hall–Kier alpha value is -1.65. The number of nitrogens with zero attached hydrogens (tertiary/aromatic N) is 2. The second-order valence-electron chi connectivity index (χ2n) is 7.76. The molecule has 0 spiro atoms. The Morgan fingerprint density at radius 3 is 2.27 bits per heavy atom. The Bertz CT molecular complexity index is 951. The highest BCUT2D eigenvalue weighted by atomic mass is 35.5. The van der Waals surface area contributed by atoms with Gasteiger partial charge in [0.25, 0.3) is 0 Å². The molecule has 0 aliphatic heterocycles. The molecule has 0 amide bonds. The number of aliphatic hydroxyl groups excluding tert-OH is 1. The van der Waals surface area contributed by atoms with Crippen molar-refractivity contribution >= 4 is 34.1 Å². The third-order valence-electron chi connectivity index (χ3n) is 5.41. The molecule has 3 nitrogen and oxygen atoms in total. The lowest BCUT2D eigenvalue weighted by Crippen LogP contribution is -2.31. The lowest BCUT2D eigenvalue weighted by atomic mass is 9.99. The largest absolute Gasteiger partial charge is 0.387 e. The summed E-state index contributed by atoms with van der Waals surface area (Å²) in [5, 5.41) is 13.4. The molecular formula is C25H30Cl2N2O. The van der Waals surface area contributed by atoms with Gasteiger partial charge in [0.2, 0.25) is 0 Å². The number of halogens is 2. The highest BCUT2D eigenvalue weighted by molar-refractivity contribution is 6.35. The summed E-state index contributed by atoms with van der Waals surface area (Å²) in [5.74, 6) is 0. The number of fused-ring (bicyclic) bond motifs is 1. The predicted octanol–water partition coefficient (Wildman–Crippen LogP) is 7.14. The molecule has 0 saturated carbocycles. The Kier molecular flexibility index (Phi) is 8.52. The van der Waals surface area contributed by atoms with E-state index in [0.717, 1.165) is 61.0 Å². The number of hydrogen-bond acceptors (Lipinski definition) is 3. The maximum Gasteiger partial charge on any atom is 0.0924 e. The average molecular weight is 445 g/mol. The molecule has 5 heteroatoms. The van der Waals surface area contributed by atoms with E-state index in [0.29, 0.717) is 22.1 Å². The van der Waals surface area contributed by atoms with Crippen LogP contribution in [-0.4, -0.2) is 34.6 Å². The van der Waals surface area contributed by atoms with Crippen molar-refractivity contribution in [3.8, 4) is 11.3 Å². The Morgan fingerprint density at radius 2 is 1.63 bits per heavy atom. The van der Waals surface area contributed by atoms with Crippen LogP contribution in [0.4, 0.5) is 0 Å².